The second-order valence-corrected chi connectivity index (χ2v) is 8.55. The number of thiazole rings is 1. The lowest BCUT2D eigenvalue weighted by Gasteiger charge is -2.37. The summed E-state index contributed by atoms with van der Waals surface area (Å²) in [5, 5.41) is 6.50. The highest BCUT2D eigenvalue weighted by Gasteiger charge is 2.46. The van der Waals surface area contributed by atoms with Gasteiger partial charge < -0.3 is 15.1 Å². The fourth-order valence-electron chi connectivity index (χ4n) is 4.15. The third-order valence-corrected chi connectivity index (χ3v) is 6.58. The maximum absolute atomic E-state index is 13.0. The van der Waals surface area contributed by atoms with Crippen molar-refractivity contribution in [2.24, 2.45) is 0 Å². The largest absolute Gasteiger partial charge is 0.331 e. The molecule has 1 aromatic rings. The highest BCUT2D eigenvalue weighted by molar-refractivity contribution is 7.09. The number of carbonyl (C=O) groups excluding carboxylic acids is 1. The minimum absolute atomic E-state index is 0.0410. The molecular formula is C18H28N4OS. The molecule has 2 aliphatic heterocycles. The van der Waals surface area contributed by atoms with E-state index in [-0.39, 0.29) is 17.6 Å². The van der Waals surface area contributed by atoms with E-state index in [0.29, 0.717) is 0 Å². The van der Waals surface area contributed by atoms with Gasteiger partial charge in [-0.25, -0.2) is 9.78 Å². The lowest BCUT2D eigenvalue weighted by molar-refractivity contribution is 0.139. The molecule has 132 valence electrons. The molecule has 2 saturated heterocycles. The fraction of sp³-hybridized carbons (Fsp3) is 0.778. The normalized spacial score (nSPS) is 27.0. The van der Waals surface area contributed by atoms with Crippen LogP contribution in [0.2, 0.25) is 0 Å². The summed E-state index contributed by atoms with van der Waals surface area (Å²) in [5.41, 5.74) is 0.0410. The van der Waals surface area contributed by atoms with Gasteiger partial charge in [0.1, 0.15) is 5.01 Å². The molecule has 3 heterocycles. The second-order valence-electron chi connectivity index (χ2n) is 7.62. The van der Waals surface area contributed by atoms with E-state index in [9.17, 15) is 4.79 Å². The van der Waals surface area contributed by atoms with Crippen LogP contribution in [-0.4, -0.2) is 52.5 Å². The molecule has 1 saturated carbocycles. The number of urea groups is 1. The Kier molecular flexibility index (Phi) is 4.77. The van der Waals surface area contributed by atoms with E-state index in [4.69, 9.17) is 0 Å². The summed E-state index contributed by atoms with van der Waals surface area (Å²) in [4.78, 5) is 22.0. The highest BCUT2D eigenvalue weighted by Crippen LogP contribution is 2.38. The van der Waals surface area contributed by atoms with Gasteiger partial charge in [0.25, 0.3) is 0 Å². The summed E-state index contributed by atoms with van der Waals surface area (Å²) >= 11 is 1.67. The Morgan fingerprint density at radius 3 is 2.71 bits per heavy atom. The van der Waals surface area contributed by atoms with Crippen LogP contribution in [0.5, 0.6) is 0 Å². The zero-order chi connectivity index (χ0) is 16.4. The molecule has 1 aromatic heterocycles. The molecule has 1 unspecified atom stereocenters. The van der Waals surface area contributed by atoms with Crippen LogP contribution in [0.15, 0.2) is 11.6 Å². The van der Waals surface area contributed by atoms with Crippen molar-refractivity contribution in [2.45, 2.75) is 62.9 Å². The van der Waals surface area contributed by atoms with Gasteiger partial charge in [-0.2, -0.15) is 0 Å². The maximum Gasteiger partial charge on any atom is 0.318 e. The Balaban J connectivity index is 1.39. The molecule has 2 amide bonds. The number of amides is 2. The third-order valence-electron chi connectivity index (χ3n) is 5.70. The zero-order valence-corrected chi connectivity index (χ0v) is 15.2. The van der Waals surface area contributed by atoms with E-state index in [1.54, 1.807) is 11.3 Å². The van der Waals surface area contributed by atoms with E-state index < -0.39 is 0 Å². The number of hydrogen-bond donors (Lipinski definition) is 1. The molecule has 0 bridgehead atoms. The smallest absolute Gasteiger partial charge is 0.318 e. The van der Waals surface area contributed by atoms with Gasteiger partial charge in [-0.15, -0.1) is 11.3 Å². The van der Waals surface area contributed by atoms with Crippen LogP contribution in [0.25, 0.3) is 0 Å². The Bertz CT molecular complexity index is 551. The van der Waals surface area contributed by atoms with Gasteiger partial charge in [0.05, 0.1) is 11.6 Å². The Morgan fingerprint density at radius 2 is 2.00 bits per heavy atom. The number of likely N-dealkylation sites (tertiary alicyclic amines) is 2. The van der Waals surface area contributed by atoms with Crippen molar-refractivity contribution in [3.8, 4) is 0 Å². The van der Waals surface area contributed by atoms with Crippen LogP contribution in [0.1, 0.15) is 62.4 Å². The zero-order valence-electron chi connectivity index (χ0n) is 14.4. The Morgan fingerprint density at radius 1 is 1.21 bits per heavy atom. The molecule has 4 rings (SSSR count). The lowest BCUT2D eigenvalue weighted by atomic mass is 10.0. The van der Waals surface area contributed by atoms with Crippen molar-refractivity contribution in [1.29, 1.82) is 0 Å². The number of aromatic nitrogens is 1. The average molecular weight is 349 g/mol. The summed E-state index contributed by atoms with van der Waals surface area (Å²) < 4.78 is 0. The molecule has 3 aliphatic rings. The standard InChI is InChI=1S/C18H28N4OS/c23-17(20-18(7-8-18)14-21-10-3-1-4-11-21)22-12-5-2-6-15(22)16-19-9-13-24-16/h9,13,15H,1-8,10-12,14H2,(H,20,23). The molecular weight excluding hydrogens is 320 g/mol. The van der Waals surface area contributed by atoms with Crippen molar-refractivity contribution < 1.29 is 4.79 Å². The first-order valence-corrected chi connectivity index (χ1v) is 10.3. The molecule has 0 spiro atoms. The number of hydrogen-bond acceptors (Lipinski definition) is 4. The van der Waals surface area contributed by atoms with Crippen molar-refractivity contribution in [3.05, 3.63) is 16.6 Å². The summed E-state index contributed by atoms with van der Waals surface area (Å²) in [6, 6.07) is 0.300. The highest BCUT2D eigenvalue weighted by atomic mass is 32.1. The Labute approximate surface area is 148 Å². The number of nitrogens with zero attached hydrogens (tertiary/aromatic N) is 3. The van der Waals surface area contributed by atoms with Crippen LogP contribution >= 0.6 is 11.3 Å². The molecule has 0 aromatic carbocycles. The van der Waals surface area contributed by atoms with Crippen molar-refractivity contribution in [1.82, 2.24) is 20.1 Å². The van der Waals surface area contributed by atoms with Gasteiger partial charge >= 0.3 is 6.03 Å². The van der Waals surface area contributed by atoms with Gasteiger partial charge in [0.2, 0.25) is 0 Å². The summed E-state index contributed by atoms with van der Waals surface area (Å²) in [7, 11) is 0. The molecule has 1 N–H and O–H groups in total. The van der Waals surface area contributed by atoms with E-state index in [2.05, 4.69) is 15.2 Å². The van der Waals surface area contributed by atoms with Crippen molar-refractivity contribution in [2.75, 3.05) is 26.2 Å². The maximum atomic E-state index is 13.0. The summed E-state index contributed by atoms with van der Waals surface area (Å²) in [5.74, 6) is 0. The predicted octanol–water partition coefficient (Wildman–Crippen LogP) is 3.40. The first-order chi connectivity index (χ1) is 11.8. The van der Waals surface area contributed by atoms with Crippen LogP contribution in [0, 0.1) is 0 Å². The van der Waals surface area contributed by atoms with Crippen molar-refractivity contribution >= 4 is 17.4 Å². The quantitative estimate of drug-likeness (QED) is 0.907. The van der Waals surface area contributed by atoms with Crippen LogP contribution in [0.4, 0.5) is 4.79 Å². The monoisotopic (exact) mass is 348 g/mol. The lowest BCUT2D eigenvalue weighted by Crippen LogP contribution is -2.53. The SMILES string of the molecule is O=C(NC1(CN2CCCCC2)CC1)N1CCCCC1c1nccs1. The molecule has 0 radical (unpaired) electrons. The first kappa shape index (κ1) is 16.3. The summed E-state index contributed by atoms with van der Waals surface area (Å²) in [6.07, 6.45) is 11.4. The average Bonchev–Trinajstić information content (AvgIpc) is 3.14. The topological polar surface area (TPSA) is 48.5 Å². The van der Waals surface area contributed by atoms with Crippen LogP contribution in [-0.2, 0) is 0 Å². The van der Waals surface area contributed by atoms with Crippen LogP contribution < -0.4 is 5.32 Å². The van der Waals surface area contributed by atoms with Gasteiger partial charge in [0.15, 0.2) is 0 Å². The third kappa shape index (κ3) is 3.59. The number of piperidine rings is 2. The van der Waals surface area contributed by atoms with Crippen LogP contribution in [0.3, 0.4) is 0 Å². The Hall–Kier alpha value is -1.14. The first-order valence-electron chi connectivity index (χ1n) is 9.46. The van der Waals surface area contributed by atoms with Gasteiger partial charge in [-0.1, -0.05) is 6.42 Å². The van der Waals surface area contributed by atoms with Crippen molar-refractivity contribution in [3.63, 3.8) is 0 Å². The number of carbonyl (C=O) groups is 1. The summed E-state index contributed by atoms with van der Waals surface area (Å²) in [6.45, 7) is 4.29. The minimum Gasteiger partial charge on any atom is -0.331 e. The predicted molar refractivity (Wildman–Crippen MR) is 96.2 cm³/mol. The van der Waals surface area contributed by atoms with E-state index in [1.165, 1.54) is 38.8 Å². The van der Waals surface area contributed by atoms with E-state index in [0.717, 1.165) is 43.8 Å². The molecule has 24 heavy (non-hydrogen) atoms. The molecule has 5 nitrogen and oxygen atoms in total. The molecule has 6 heteroatoms. The minimum atomic E-state index is 0.0410. The molecule has 1 atom stereocenters. The number of rotatable bonds is 4. The van der Waals surface area contributed by atoms with Gasteiger partial charge in [-0.3, -0.25) is 0 Å². The van der Waals surface area contributed by atoms with Gasteiger partial charge in [0, 0.05) is 24.7 Å². The second kappa shape index (κ2) is 7.00. The molecule has 1 aliphatic carbocycles. The van der Waals surface area contributed by atoms with E-state index in [1.807, 2.05) is 16.5 Å². The van der Waals surface area contributed by atoms with Gasteiger partial charge in [-0.05, 0) is 58.0 Å². The molecule has 3 fully saturated rings. The number of nitrogens with one attached hydrogen (secondary N) is 1. The fourth-order valence-corrected chi connectivity index (χ4v) is 4.93. The van der Waals surface area contributed by atoms with E-state index >= 15 is 0 Å².